The van der Waals surface area contributed by atoms with E-state index in [0.29, 0.717) is 12.6 Å². The third-order valence-corrected chi connectivity index (χ3v) is 6.16. The van der Waals surface area contributed by atoms with Gasteiger partial charge in [0.05, 0.1) is 17.6 Å². The van der Waals surface area contributed by atoms with Crippen LogP contribution >= 0.6 is 22.7 Å². The van der Waals surface area contributed by atoms with E-state index >= 15 is 0 Å². The summed E-state index contributed by atoms with van der Waals surface area (Å²) in [7, 11) is 0. The fraction of sp³-hybridized carbons (Fsp3) is 0.294. The molecule has 1 amide bonds. The molecule has 0 spiro atoms. The van der Waals surface area contributed by atoms with E-state index in [1.54, 1.807) is 28.9 Å². The van der Waals surface area contributed by atoms with Crippen LogP contribution in [-0.2, 0) is 6.54 Å². The van der Waals surface area contributed by atoms with Gasteiger partial charge >= 0.3 is 0 Å². The lowest BCUT2D eigenvalue weighted by Gasteiger charge is -2.08. The number of nitrogens with zero attached hydrogens (tertiary/aromatic N) is 2. The third kappa shape index (κ3) is 3.28. The molecule has 4 heterocycles. The maximum atomic E-state index is 12.5. The predicted octanol–water partition coefficient (Wildman–Crippen LogP) is 3.73. The summed E-state index contributed by atoms with van der Waals surface area (Å²) in [6, 6.07) is 10.3. The van der Waals surface area contributed by atoms with E-state index in [0.717, 1.165) is 23.7 Å². The molecular weight excluding hydrogens is 340 g/mol. The maximum absolute atomic E-state index is 12.5. The van der Waals surface area contributed by atoms with Crippen molar-refractivity contribution in [1.82, 2.24) is 15.1 Å². The number of aromatic nitrogens is 2. The molecule has 124 valence electrons. The molecular formula is C17H18N4OS2. The Balaban J connectivity index is 1.45. The number of hydrogen-bond donors (Lipinski definition) is 2. The average Bonchev–Trinajstić information content (AvgIpc) is 3.37. The van der Waals surface area contributed by atoms with Crippen molar-refractivity contribution < 1.29 is 4.79 Å². The van der Waals surface area contributed by atoms with Crippen LogP contribution in [0.1, 0.15) is 38.3 Å². The highest BCUT2D eigenvalue weighted by Gasteiger charge is 2.20. The Morgan fingerprint density at radius 2 is 2.33 bits per heavy atom. The lowest BCUT2D eigenvalue weighted by molar-refractivity contribution is 0.102. The van der Waals surface area contributed by atoms with Crippen molar-refractivity contribution in [2.75, 3.05) is 11.9 Å². The second-order valence-corrected chi connectivity index (χ2v) is 7.91. The van der Waals surface area contributed by atoms with Crippen LogP contribution in [0, 0.1) is 0 Å². The quantitative estimate of drug-likeness (QED) is 0.731. The number of nitrogens with one attached hydrogen (secondary N) is 2. The topological polar surface area (TPSA) is 59.0 Å². The van der Waals surface area contributed by atoms with Crippen molar-refractivity contribution in [3.05, 3.63) is 56.5 Å². The number of anilines is 1. The highest BCUT2D eigenvalue weighted by atomic mass is 32.1. The number of thiophene rings is 2. The first kappa shape index (κ1) is 15.6. The molecule has 3 aromatic rings. The first-order valence-electron chi connectivity index (χ1n) is 7.98. The molecule has 0 saturated carbocycles. The van der Waals surface area contributed by atoms with Gasteiger partial charge in [0.15, 0.2) is 0 Å². The molecule has 5 nitrogen and oxygen atoms in total. The molecule has 7 heteroatoms. The largest absolute Gasteiger partial charge is 0.309 e. The smallest absolute Gasteiger partial charge is 0.266 e. The second-order valence-electron chi connectivity index (χ2n) is 5.76. The first-order chi connectivity index (χ1) is 11.8. The molecule has 1 aliphatic rings. The monoisotopic (exact) mass is 358 g/mol. The van der Waals surface area contributed by atoms with Crippen LogP contribution in [-0.4, -0.2) is 22.2 Å². The van der Waals surface area contributed by atoms with E-state index in [9.17, 15) is 4.79 Å². The summed E-state index contributed by atoms with van der Waals surface area (Å²) in [6.45, 7) is 1.73. The molecule has 0 aromatic carbocycles. The second kappa shape index (κ2) is 6.88. The first-order valence-corrected chi connectivity index (χ1v) is 9.68. The fourth-order valence-corrected chi connectivity index (χ4v) is 4.58. The van der Waals surface area contributed by atoms with Crippen LogP contribution in [0.5, 0.6) is 0 Å². The lowest BCUT2D eigenvalue weighted by atomic mass is 10.2. The van der Waals surface area contributed by atoms with Gasteiger partial charge in [0.2, 0.25) is 0 Å². The van der Waals surface area contributed by atoms with Crippen molar-refractivity contribution in [1.29, 1.82) is 0 Å². The Labute approximate surface area is 148 Å². The normalized spacial score (nSPS) is 17.2. The number of hydrogen-bond acceptors (Lipinski definition) is 5. The number of carbonyl (C=O) groups excluding carboxylic acids is 1. The van der Waals surface area contributed by atoms with Gasteiger partial charge in [-0.15, -0.1) is 22.7 Å². The standard InChI is InChI=1S/C17H18N4OS2/c22-17(15-6-5-14(24-15)13-4-1-8-18-13)20-16-7-9-19-21(16)11-12-3-2-10-23-12/h2-3,5-7,9-10,13,18H,1,4,8,11H2,(H,20,22)/t13-/m1/s1. The van der Waals surface area contributed by atoms with Crippen LogP contribution in [0.4, 0.5) is 5.82 Å². The van der Waals surface area contributed by atoms with Crippen molar-refractivity contribution in [2.24, 2.45) is 0 Å². The molecule has 4 rings (SSSR count). The average molecular weight is 358 g/mol. The molecule has 0 bridgehead atoms. The molecule has 0 radical (unpaired) electrons. The van der Waals surface area contributed by atoms with Gasteiger partial charge in [-0.3, -0.25) is 4.79 Å². The van der Waals surface area contributed by atoms with E-state index in [1.165, 1.54) is 16.2 Å². The molecule has 24 heavy (non-hydrogen) atoms. The maximum Gasteiger partial charge on any atom is 0.266 e. The molecule has 3 aromatic heterocycles. The van der Waals surface area contributed by atoms with Gasteiger partial charge < -0.3 is 10.6 Å². The Bertz CT molecular complexity index is 815. The molecule has 1 atom stereocenters. The highest BCUT2D eigenvalue weighted by Crippen LogP contribution is 2.29. The van der Waals surface area contributed by atoms with E-state index in [2.05, 4.69) is 27.9 Å². The van der Waals surface area contributed by atoms with Crippen molar-refractivity contribution in [3.8, 4) is 0 Å². The van der Waals surface area contributed by atoms with Crippen LogP contribution < -0.4 is 10.6 Å². The number of carbonyl (C=O) groups is 1. The third-order valence-electron chi connectivity index (χ3n) is 4.10. The van der Waals surface area contributed by atoms with Crippen molar-refractivity contribution in [3.63, 3.8) is 0 Å². The van der Waals surface area contributed by atoms with Gasteiger partial charge in [0.25, 0.3) is 5.91 Å². The van der Waals surface area contributed by atoms with Crippen LogP contribution in [0.15, 0.2) is 41.9 Å². The molecule has 2 N–H and O–H groups in total. The zero-order chi connectivity index (χ0) is 16.4. The Hall–Kier alpha value is -1.96. The zero-order valence-electron chi connectivity index (χ0n) is 13.1. The van der Waals surface area contributed by atoms with Gasteiger partial charge in [0, 0.05) is 21.9 Å². The number of amides is 1. The van der Waals surface area contributed by atoms with Crippen molar-refractivity contribution in [2.45, 2.75) is 25.4 Å². The summed E-state index contributed by atoms with van der Waals surface area (Å²) < 4.78 is 1.82. The van der Waals surface area contributed by atoms with E-state index in [4.69, 9.17) is 0 Å². The van der Waals surface area contributed by atoms with E-state index in [-0.39, 0.29) is 5.91 Å². The fourth-order valence-electron chi connectivity index (χ4n) is 2.88. The summed E-state index contributed by atoms with van der Waals surface area (Å²) >= 11 is 3.25. The summed E-state index contributed by atoms with van der Waals surface area (Å²) in [5.41, 5.74) is 0. The lowest BCUT2D eigenvalue weighted by Crippen LogP contribution is -2.15. The minimum Gasteiger partial charge on any atom is -0.309 e. The molecule has 0 aliphatic carbocycles. The zero-order valence-corrected chi connectivity index (χ0v) is 14.7. The Kier molecular flexibility index (Phi) is 4.46. The summed E-state index contributed by atoms with van der Waals surface area (Å²) in [6.07, 6.45) is 4.06. The van der Waals surface area contributed by atoms with Crippen LogP contribution in [0.2, 0.25) is 0 Å². The van der Waals surface area contributed by atoms with Crippen LogP contribution in [0.25, 0.3) is 0 Å². The summed E-state index contributed by atoms with van der Waals surface area (Å²) in [5, 5.41) is 12.8. The van der Waals surface area contributed by atoms with Gasteiger partial charge in [-0.2, -0.15) is 5.10 Å². The predicted molar refractivity (Wildman–Crippen MR) is 97.9 cm³/mol. The minimum atomic E-state index is -0.0721. The minimum absolute atomic E-state index is 0.0721. The van der Waals surface area contributed by atoms with Gasteiger partial charge in [-0.25, -0.2) is 4.68 Å². The van der Waals surface area contributed by atoms with E-state index < -0.39 is 0 Å². The van der Waals surface area contributed by atoms with E-state index in [1.807, 2.05) is 28.3 Å². The van der Waals surface area contributed by atoms with Gasteiger partial charge in [0.1, 0.15) is 5.82 Å². The Morgan fingerprint density at radius 1 is 1.38 bits per heavy atom. The molecule has 1 fully saturated rings. The molecule has 1 aliphatic heterocycles. The number of rotatable bonds is 5. The van der Waals surface area contributed by atoms with Crippen molar-refractivity contribution >= 4 is 34.4 Å². The van der Waals surface area contributed by atoms with Gasteiger partial charge in [-0.1, -0.05) is 6.07 Å². The highest BCUT2D eigenvalue weighted by molar-refractivity contribution is 7.14. The SMILES string of the molecule is O=C(Nc1ccnn1Cc1cccs1)c1ccc([C@H]2CCCN2)s1. The van der Waals surface area contributed by atoms with Gasteiger partial charge in [-0.05, 0) is 43.0 Å². The molecule has 1 saturated heterocycles. The Morgan fingerprint density at radius 3 is 3.12 bits per heavy atom. The molecule has 0 unspecified atom stereocenters. The summed E-state index contributed by atoms with van der Waals surface area (Å²) in [4.78, 5) is 15.7. The summed E-state index contributed by atoms with van der Waals surface area (Å²) in [5.74, 6) is 0.652. The van der Waals surface area contributed by atoms with Crippen LogP contribution in [0.3, 0.4) is 0 Å².